The Morgan fingerprint density at radius 3 is 2.21 bits per heavy atom. The highest BCUT2D eigenvalue weighted by Crippen LogP contribution is 2.40. The van der Waals surface area contributed by atoms with Crippen molar-refractivity contribution in [3.8, 4) is 0 Å². The lowest BCUT2D eigenvalue weighted by atomic mass is 9.76. The summed E-state index contributed by atoms with van der Waals surface area (Å²) in [6, 6.07) is 0.639. The molecule has 0 spiro atoms. The minimum Gasteiger partial charge on any atom is -0.481 e. The zero-order chi connectivity index (χ0) is 13.9. The van der Waals surface area contributed by atoms with Gasteiger partial charge in [0, 0.05) is 12.6 Å². The Labute approximate surface area is 117 Å². The van der Waals surface area contributed by atoms with Gasteiger partial charge in [0.1, 0.15) is 0 Å². The van der Waals surface area contributed by atoms with Crippen LogP contribution in [0.1, 0.15) is 65.2 Å². The van der Waals surface area contributed by atoms with E-state index in [9.17, 15) is 9.90 Å². The van der Waals surface area contributed by atoms with Crippen LogP contribution in [-0.4, -0.2) is 35.1 Å². The molecule has 0 bridgehead atoms. The van der Waals surface area contributed by atoms with Gasteiger partial charge in [-0.3, -0.25) is 9.69 Å². The molecule has 0 amide bonds. The minimum atomic E-state index is -0.587. The molecule has 1 saturated heterocycles. The van der Waals surface area contributed by atoms with Crippen LogP contribution in [0.25, 0.3) is 0 Å². The maximum Gasteiger partial charge on any atom is 0.311 e. The SMILES string of the molecule is CC(C)C1(C(=O)O)CCN(C2CCCCCCC2)C1. The van der Waals surface area contributed by atoms with Crippen LogP contribution in [0.3, 0.4) is 0 Å². The first kappa shape index (κ1) is 14.8. The molecule has 0 aromatic carbocycles. The van der Waals surface area contributed by atoms with Crippen molar-refractivity contribution in [3.05, 3.63) is 0 Å². The summed E-state index contributed by atoms with van der Waals surface area (Å²) in [4.78, 5) is 14.2. The van der Waals surface area contributed by atoms with Crippen molar-refractivity contribution in [2.75, 3.05) is 13.1 Å². The number of carboxylic acid groups (broad SMARTS) is 1. The predicted molar refractivity (Wildman–Crippen MR) is 77.2 cm³/mol. The Morgan fingerprint density at radius 2 is 1.74 bits per heavy atom. The zero-order valence-corrected chi connectivity index (χ0v) is 12.5. The normalized spacial score (nSPS) is 31.3. The quantitative estimate of drug-likeness (QED) is 0.850. The van der Waals surface area contributed by atoms with Crippen molar-refractivity contribution >= 4 is 5.97 Å². The van der Waals surface area contributed by atoms with E-state index in [1.54, 1.807) is 0 Å². The highest BCUT2D eigenvalue weighted by Gasteiger charge is 2.48. The average molecular weight is 267 g/mol. The van der Waals surface area contributed by atoms with Crippen molar-refractivity contribution in [2.45, 2.75) is 71.3 Å². The van der Waals surface area contributed by atoms with Gasteiger partial charge >= 0.3 is 5.97 Å². The summed E-state index contributed by atoms with van der Waals surface area (Å²) >= 11 is 0. The topological polar surface area (TPSA) is 40.5 Å². The van der Waals surface area contributed by atoms with Crippen LogP contribution in [0.2, 0.25) is 0 Å². The van der Waals surface area contributed by atoms with Gasteiger partial charge < -0.3 is 5.11 Å². The maximum atomic E-state index is 11.7. The molecule has 1 atom stereocenters. The summed E-state index contributed by atoms with van der Waals surface area (Å²) < 4.78 is 0. The third kappa shape index (κ3) is 3.13. The van der Waals surface area contributed by atoms with E-state index in [1.807, 2.05) is 0 Å². The fourth-order valence-electron chi connectivity index (χ4n) is 3.87. The Balaban J connectivity index is 2.01. The average Bonchev–Trinajstić information content (AvgIpc) is 2.74. The van der Waals surface area contributed by atoms with Crippen LogP contribution in [0.5, 0.6) is 0 Å². The molecule has 1 aliphatic heterocycles. The van der Waals surface area contributed by atoms with Crippen molar-refractivity contribution < 1.29 is 9.90 Å². The Morgan fingerprint density at radius 1 is 1.16 bits per heavy atom. The Kier molecular flexibility index (Phi) is 4.88. The zero-order valence-electron chi connectivity index (χ0n) is 12.5. The number of carbonyl (C=O) groups is 1. The van der Waals surface area contributed by atoms with Gasteiger partial charge in [0.15, 0.2) is 0 Å². The highest BCUT2D eigenvalue weighted by atomic mass is 16.4. The number of rotatable bonds is 3. The van der Waals surface area contributed by atoms with Crippen molar-refractivity contribution in [1.82, 2.24) is 4.90 Å². The molecular weight excluding hydrogens is 238 g/mol. The van der Waals surface area contributed by atoms with Crippen molar-refractivity contribution in [2.24, 2.45) is 11.3 Å². The van der Waals surface area contributed by atoms with E-state index >= 15 is 0 Å². The molecule has 1 aliphatic carbocycles. The molecule has 2 rings (SSSR count). The molecule has 1 N–H and O–H groups in total. The summed E-state index contributed by atoms with van der Waals surface area (Å²) in [5, 5.41) is 9.62. The smallest absolute Gasteiger partial charge is 0.311 e. The van der Waals surface area contributed by atoms with Crippen LogP contribution in [0, 0.1) is 11.3 Å². The van der Waals surface area contributed by atoms with Crippen molar-refractivity contribution in [3.63, 3.8) is 0 Å². The monoisotopic (exact) mass is 267 g/mol. The van der Waals surface area contributed by atoms with Gasteiger partial charge in [0.25, 0.3) is 0 Å². The number of likely N-dealkylation sites (tertiary alicyclic amines) is 1. The fourth-order valence-corrected chi connectivity index (χ4v) is 3.87. The van der Waals surface area contributed by atoms with E-state index in [1.165, 1.54) is 44.9 Å². The molecule has 3 nitrogen and oxygen atoms in total. The second-order valence-electron chi connectivity index (χ2n) is 6.84. The highest BCUT2D eigenvalue weighted by molar-refractivity contribution is 5.75. The first-order chi connectivity index (χ1) is 9.06. The lowest BCUT2D eigenvalue weighted by Crippen LogP contribution is -2.42. The molecular formula is C16H29NO2. The summed E-state index contributed by atoms with van der Waals surface area (Å²) in [6.07, 6.45) is 10.1. The molecule has 0 radical (unpaired) electrons. The second kappa shape index (κ2) is 6.25. The molecule has 1 saturated carbocycles. The minimum absolute atomic E-state index is 0.226. The standard InChI is InChI=1S/C16H29NO2/c1-13(2)16(15(18)19)10-11-17(12-16)14-8-6-4-3-5-7-9-14/h13-14H,3-12H2,1-2H3,(H,18,19). The van der Waals surface area contributed by atoms with Crippen molar-refractivity contribution in [1.29, 1.82) is 0 Å². The van der Waals surface area contributed by atoms with Gasteiger partial charge in [0.2, 0.25) is 0 Å². The molecule has 19 heavy (non-hydrogen) atoms. The molecule has 1 unspecified atom stereocenters. The molecule has 2 aliphatic rings. The van der Waals surface area contributed by atoms with Crippen LogP contribution in [-0.2, 0) is 4.79 Å². The van der Waals surface area contributed by atoms with Gasteiger partial charge in [-0.1, -0.05) is 46.0 Å². The third-order valence-corrected chi connectivity index (χ3v) is 5.45. The van der Waals surface area contributed by atoms with E-state index in [0.717, 1.165) is 19.5 Å². The number of nitrogens with zero attached hydrogens (tertiary/aromatic N) is 1. The van der Waals surface area contributed by atoms with E-state index in [2.05, 4.69) is 18.7 Å². The molecule has 1 heterocycles. The van der Waals surface area contributed by atoms with Crippen LogP contribution in [0.4, 0.5) is 0 Å². The largest absolute Gasteiger partial charge is 0.481 e. The number of hydrogen-bond donors (Lipinski definition) is 1. The lowest BCUT2D eigenvalue weighted by molar-refractivity contribution is -0.151. The molecule has 3 heteroatoms. The van der Waals surface area contributed by atoms with E-state index in [0.29, 0.717) is 6.04 Å². The van der Waals surface area contributed by atoms with E-state index < -0.39 is 11.4 Å². The van der Waals surface area contributed by atoms with E-state index in [-0.39, 0.29) is 5.92 Å². The summed E-state index contributed by atoms with van der Waals surface area (Å²) in [7, 11) is 0. The molecule has 0 aromatic heterocycles. The maximum absolute atomic E-state index is 11.7. The van der Waals surface area contributed by atoms with E-state index in [4.69, 9.17) is 0 Å². The van der Waals surface area contributed by atoms with Gasteiger partial charge in [-0.25, -0.2) is 0 Å². The molecule has 2 fully saturated rings. The number of hydrogen-bond acceptors (Lipinski definition) is 2. The fraction of sp³-hybridized carbons (Fsp3) is 0.938. The lowest BCUT2D eigenvalue weighted by Gasteiger charge is -2.33. The van der Waals surface area contributed by atoms with Gasteiger partial charge in [-0.05, 0) is 31.7 Å². The Bertz CT molecular complexity index is 308. The molecule has 110 valence electrons. The molecule has 0 aromatic rings. The predicted octanol–water partition coefficient (Wildman–Crippen LogP) is 3.53. The third-order valence-electron chi connectivity index (χ3n) is 5.45. The summed E-state index contributed by atoms with van der Waals surface area (Å²) in [5.74, 6) is -0.362. The van der Waals surface area contributed by atoms with Gasteiger partial charge in [-0.2, -0.15) is 0 Å². The van der Waals surface area contributed by atoms with Gasteiger partial charge in [-0.15, -0.1) is 0 Å². The number of carboxylic acids is 1. The second-order valence-corrected chi connectivity index (χ2v) is 6.84. The van der Waals surface area contributed by atoms with Crippen LogP contribution < -0.4 is 0 Å². The van der Waals surface area contributed by atoms with Crippen LogP contribution in [0.15, 0.2) is 0 Å². The summed E-state index contributed by atoms with van der Waals surface area (Å²) in [5.41, 5.74) is -0.498. The first-order valence-corrected chi connectivity index (χ1v) is 8.04. The number of aliphatic carboxylic acids is 1. The van der Waals surface area contributed by atoms with Crippen LogP contribution >= 0.6 is 0 Å². The van der Waals surface area contributed by atoms with Gasteiger partial charge in [0.05, 0.1) is 5.41 Å². The first-order valence-electron chi connectivity index (χ1n) is 8.04. The summed E-state index contributed by atoms with van der Waals surface area (Å²) in [6.45, 7) is 5.88. The Hall–Kier alpha value is -0.570.